The number of carboxylic acid groups (broad SMARTS) is 1. The van der Waals surface area contributed by atoms with Gasteiger partial charge in [0.25, 0.3) is 0 Å². The lowest BCUT2D eigenvalue weighted by atomic mass is 10.1. The molecule has 1 aromatic rings. The number of rotatable bonds is 3. The van der Waals surface area contributed by atoms with Crippen LogP contribution in [0, 0.1) is 5.82 Å². The summed E-state index contributed by atoms with van der Waals surface area (Å²) in [6, 6.07) is 1.56. The first-order valence-corrected chi connectivity index (χ1v) is 7.64. The number of hydrogen-bond donors (Lipinski definition) is 2. The van der Waals surface area contributed by atoms with E-state index in [1.165, 1.54) is 0 Å². The van der Waals surface area contributed by atoms with E-state index in [1.807, 2.05) is 0 Å². The van der Waals surface area contributed by atoms with Crippen LogP contribution < -0.4 is 10.0 Å². The van der Waals surface area contributed by atoms with E-state index in [0.29, 0.717) is 6.07 Å². The van der Waals surface area contributed by atoms with E-state index in [2.05, 4.69) is 0 Å². The number of amides is 1. The minimum atomic E-state index is -3.96. The Morgan fingerprint density at radius 1 is 1.48 bits per heavy atom. The topological polar surface area (TPSA) is 118 Å². The van der Waals surface area contributed by atoms with Gasteiger partial charge in [-0.15, -0.1) is 0 Å². The zero-order chi connectivity index (χ0) is 15.9. The Balaban J connectivity index is 2.53. The number of nitrogens with zero attached hydrogens (tertiary/aromatic N) is 1. The highest BCUT2D eigenvalue weighted by molar-refractivity contribution is 7.89. The third-order valence-electron chi connectivity index (χ3n) is 3.08. The fourth-order valence-electron chi connectivity index (χ4n) is 2.11. The normalized spacial score (nSPS) is 19.1. The van der Waals surface area contributed by atoms with Crippen molar-refractivity contribution in [3.8, 4) is 0 Å². The Labute approximate surface area is 124 Å². The first kappa shape index (κ1) is 15.7. The second-order valence-corrected chi connectivity index (χ2v) is 6.76. The molecule has 1 atom stereocenters. The Morgan fingerprint density at radius 3 is 2.57 bits per heavy atom. The van der Waals surface area contributed by atoms with Gasteiger partial charge >= 0.3 is 5.97 Å². The van der Waals surface area contributed by atoms with Crippen LogP contribution in [0.5, 0.6) is 0 Å². The summed E-state index contributed by atoms with van der Waals surface area (Å²) in [7, 11) is -3.96. The van der Waals surface area contributed by atoms with E-state index in [-0.39, 0.29) is 23.7 Å². The van der Waals surface area contributed by atoms with Gasteiger partial charge < -0.3 is 10.0 Å². The molecule has 10 heteroatoms. The summed E-state index contributed by atoms with van der Waals surface area (Å²) < 4.78 is 35.9. The minimum Gasteiger partial charge on any atom is -0.478 e. The summed E-state index contributed by atoms with van der Waals surface area (Å²) in [6.45, 7) is -0.330. The van der Waals surface area contributed by atoms with Crippen molar-refractivity contribution in [3.63, 3.8) is 0 Å². The standard InChI is InChI=1S/C11H10ClFN2O5S/c12-8-2-5(13)1-7(11(17)18)10(8)15-4-6(3-9(15)16)21(14,19)20/h1-2,6H,3-4H2,(H,17,18)(H2,14,19,20). The number of nitrogens with two attached hydrogens (primary N) is 1. The van der Waals surface area contributed by atoms with E-state index in [1.54, 1.807) is 0 Å². The van der Waals surface area contributed by atoms with Crippen molar-refractivity contribution in [2.75, 3.05) is 11.4 Å². The summed E-state index contributed by atoms with van der Waals surface area (Å²) >= 11 is 5.81. The van der Waals surface area contributed by atoms with E-state index < -0.39 is 38.5 Å². The number of sulfonamides is 1. The Kier molecular flexibility index (Phi) is 3.91. The smallest absolute Gasteiger partial charge is 0.337 e. The first-order chi connectivity index (χ1) is 9.61. The Hall–Kier alpha value is -1.71. The van der Waals surface area contributed by atoms with Crippen LogP contribution in [0.1, 0.15) is 16.8 Å². The van der Waals surface area contributed by atoms with Crippen LogP contribution in [0.2, 0.25) is 5.02 Å². The van der Waals surface area contributed by atoms with Crippen molar-refractivity contribution in [2.24, 2.45) is 5.14 Å². The maximum absolute atomic E-state index is 13.3. The maximum atomic E-state index is 13.3. The summed E-state index contributed by atoms with van der Waals surface area (Å²) in [5.41, 5.74) is -0.759. The Bertz CT molecular complexity index is 736. The average Bonchev–Trinajstić information content (AvgIpc) is 2.70. The molecular weight excluding hydrogens is 327 g/mol. The molecule has 1 heterocycles. The molecule has 0 spiro atoms. The van der Waals surface area contributed by atoms with E-state index in [4.69, 9.17) is 21.8 Å². The molecule has 114 valence electrons. The minimum absolute atomic E-state index is 0.235. The van der Waals surface area contributed by atoms with Crippen LogP contribution in [-0.4, -0.2) is 37.2 Å². The highest BCUT2D eigenvalue weighted by Gasteiger charge is 2.39. The van der Waals surface area contributed by atoms with Gasteiger partial charge in [-0.2, -0.15) is 0 Å². The quantitative estimate of drug-likeness (QED) is 0.836. The third-order valence-corrected chi connectivity index (χ3v) is 4.62. The fourth-order valence-corrected chi connectivity index (χ4v) is 3.15. The largest absolute Gasteiger partial charge is 0.478 e. The number of anilines is 1. The molecule has 21 heavy (non-hydrogen) atoms. The van der Waals surface area contributed by atoms with Crippen LogP contribution in [0.25, 0.3) is 0 Å². The number of halogens is 2. The molecule has 0 aromatic heterocycles. The molecule has 0 bridgehead atoms. The predicted molar refractivity (Wildman–Crippen MR) is 72.2 cm³/mol. The number of hydrogen-bond acceptors (Lipinski definition) is 4. The SMILES string of the molecule is NS(=O)(=O)C1CC(=O)N(c2c(Cl)cc(F)cc2C(=O)O)C1. The second kappa shape index (κ2) is 5.24. The molecule has 1 aliphatic heterocycles. The molecule has 0 saturated carbocycles. The second-order valence-electron chi connectivity index (χ2n) is 4.51. The highest BCUT2D eigenvalue weighted by atomic mass is 35.5. The third kappa shape index (κ3) is 2.99. The molecule has 1 saturated heterocycles. The van der Waals surface area contributed by atoms with Crippen molar-refractivity contribution in [1.82, 2.24) is 0 Å². The van der Waals surface area contributed by atoms with Gasteiger partial charge in [0.05, 0.1) is 16.3 Å². The van der Waals surface area contributed by atoms with Crippen LogP contribution in [0.15, 0.2) is 12.1 Å². The Morgan fingerprint density at radius 2 is 2.10 bits per heavy atom. The summed E-state index contributed by atoms with van der Waals surface area (Å²) in [6.07, 6.45) is -0.383. The molecule has 7 nitrogen and oxygen atoms in total. The summed E-state index contributed by atoms with van der Waals surface area (Å²) in [5, 5.41) is 12.6. The van der Waals surface area contributed by atoms with Crippen molar-refractivity contribution in [1.29, 1.82) is 0 Å². The molecular formula is C11H10ClFN2O5S. The lowest BCUT2D eigenvalue weighted by molar-refractivity contribution is -0.117. The van der Waals surface area contributed by atoms with Crippen LogP contribution in [-0.2, 0) is 14.8 Å². The zero-order valence-corrected chi connectivity index (χ0v) is 12.0. The fraction of sp³-hybridized carbons (Fsp3) is 0.273. The highest BCUT2D eigenvalue weighted by Crippen LogP contribution is 2.35. The molecule has 1 aromatic carbocycles. The van der Waals surface area contributed by atoms with Crippen molar-refractivity contribution in [2.45, 2.75) is 11.7 Å². The number of carbonyl (C=O) groups excluding carboxylic acids is 1. The number of carboxylic acids is 1. The predicted octanol–water partition coefficient (Wildman–Crippen LogP) is 0.571. The van der Waals surface area contributed by atoms with E-state index in [0.717, 1.165) is 11.0 Å². The average molecular weight is 337 g/mol. The van der Waals surface area contributed by atoms with Gasteiger partial charge in [0, 0.05) is 13.0 Å². The number of benzene rings is 1. The lowest BCUT2D eigenvalue weighted by Crippen LogP contribution is -2.32. The van der Waals surface area contributed by atoms with Crippen LogP contribution >= 0.6 is 11.6 Å². The van der Waals surface area contributed by atoms with Gasteiger partial charge in [0.15, 0.2) is 0 Å². The molecule has 3 N–H and O–H groups in total. The zero-order valence-electron chi connectivity index (χ0n) is 10.4. The van der Waals surface area contributed by atoms with E-state index >= 15 is 0 Å². The number of primary sulfonamides is 1. The number of aromatic carboxylic acids is 1. The monoisotopic (exact) mass is 336 g/mol. The van der Waals surface area contributed by atoms with Crippen molar-refractivity contribution < 1.29 is 27.5 Å². The van der Waals surface area contributed by atoms with Gasteiger partial charge in [-0.25, -0.2) is 22.7 Å². The molecule has 1 fully saturated rings. The molecule has 1 amide bonds. The summed E-state index contributed by atoms with van der Waals surface area (Å²) in [4.78, 5) is 24.0. The number of carbonyl (C=O) groups is 2. The van der Waals surface area contributed by atoms with Gasteiger partial charge in [-0.3, -0.25) is 4.79 Å². The first-order valence-electron chi connectivity index (χ1n) is 5.65. The maximum Gasteiger partial charge on any atom is 0.337 e. The summed E-state index contributed by atoms with van der Waals surface area (Å²) in [5.74, 6) is -3.01. The van der Waals surface area contributed by atoms with Crippen molar-refractivity contribution >= 4 is 39.2 Å². The van der Waals surface area contributed by atoms with Gasteiger partial charge in [-0.05, 0) is 12.1 Å². The molecule has 0 aliphatic carbocycles. The van der Waals surface area contributed by atoms with Crippen LogP contribution in [0.3, 0.4) is 0 Å². The van der Waals surface area contributed by atoms with Crippen LogP contribution in [0.4, 0.5) is 10.1 Å². The van der Waals surface area contributed by atoms with Gasteiger partial charge in [0.2, 0.25) is 15.9 Å². The lowest BCUT2D eigenvalue weighted by Gasteiger charge is -2.20. The van der Waals surface area contributed by atoms with E-state index in [9.17, 15) is 22.4 Å². The molecule has 1 aliphatic rings. The van der Waals surface area contributed by atoms with Crippen molar-refractivity contribution in [3.05, 3.63) is 28.5 Å². The molecule has 2 rings (SSSR count). The molecule has 1 unspecified atom stereocenters. The molecule has 0 radical (unpaired) electrons. The van der Waals surface area contributed by atoms with Gasteiger partial charge in [0.1, 0.15) is 11.1 Å². The van der Waals surface area contributed by atoms with Gasteiger partial charge in [-0.1, -0.05) is 11.6 Å².